The highest BCUT2D eigenvalue weighted by atomic mass is 79.9. The number of halogens is 4. The zero-order valence-electron chi connectivity index (χ0n) is 6.11. The minimum absolute atomic E-state index is 0.122. The van der Waals surface area contributed by atoms with Crippen molar-refractivity contribution in [1.29, 1.82) is 0 Å². The highest BCUT2D eigenvalue weighted by molar-refractivity contribution is 9.10. The molecule has 0 saturated carbocycles. The molecular formula is C7H5BrClF2N. The van der Waals surface area contributed by atoms with Crippen LogP contribution in [0.2, 0.25) is 5.02 Å². The molecular weight excluding hydrogens is 251 g/mol. The number of rotatable bonds is 1. The molecule has 0 aliphatic rings. The second-order valence-corrected chi connectivity index (χ2v) is 3.37. The van der Waals surface area contributed by atoms with Crippen molar-refractivity contribution in [3.8, 4) is 0 Å². The van der Waals surface area contributed by atoms with Crippen molar-refractivity contribution in [2.45, 2.75) is 13.3 Å². The van der Waals surface area contributed by atoms with E-state index in [-0.39, 0.29) is 10.6 Å². The van der Waals surface area contributed by atoms with Gasteiger partial charge in [0, 0.05) is 11.8 Å². The highest BCUT2D eigenvalue weighted by Gasteiger charge is 2.14. The molecule has 1 rings (SSSR count). The van der Waals surface area contributed by atoms with Gasteiger partial charge in [-0.2, -0.15) is 0 Å². The van der Waals surface area contributed by atoms with Gasteiger partial charge in [0.15, 0.2) is 0 Å². The van der Waals surface area contributed by atoms with E-state index < -0.39 is 6.43 Å². The Morgan fingerprint density at radius 3 is 2.67 bits per heavy atom. The lowest BCUT2D eigenvalue weighted by molar-refractivity contribution is 0.150. The van der Waals surface area contributed by atoms with E-state index in [1.54, 1.807) is 0 Å². The average molecular weight is 256 g/mol. The Hall–Kier alpha value is -0.220. The minimum Gasteiger partial charge on any atom is -0.247 e. The van der Waals surface area contributed by atoms with Crippen LogP contribution in [0, 0.1) is 6.92 Å². The maximum atomic E-state index is 12.2. The van der Waals surface area contributed by atoms with Crippen molar-refractivity contribution >= 4 is 27.5 Å². The lowest BCUT2D eigenvalue weighted by Crippen LogP contribution is -1.93. The van der Waals surface area contributed by atoms with Crippen LogP contribution in [-0.4, -0.2) is 4.98 Å². The summed E-state index contributed by atoms with van der Waals surface area (Å²) >= 11 is 8.73. The Morgan fingerprint density at radius 1 is 1.58 bits per heavy atom. The first-order chi connectivity index (χ1) is 5.54. The number of aromatic nitrogens is 1. The number of hydrogen-bond acceptors (Lipinski definition) is 1. The van der Waals surface area contributed by atoms with E-state index in [1.165, 1.54) is 6.92 Å². The molecule has 0 fully saturated rings. The normalized spacial score (nSPS) is 10.8. The van der Waals surface area contributed by atoms with Gasteiger partial charge in [0.1, 0.15) is 4.60 Å². The summed E-state index contributed by atoms with van der Waals surface area (Å²) in [5.41, 5.74) is 0.247. The summed E-state index contributed by atoms with van der Waals surface area (Å²) in [7, 11) is 0. The quantitative estimate of drug-likeness (QED) is 0.698. The Balaban J connectivity index is 3.27. The molecule has 0 bridgehead atoms. The molecule has 0 atom stereocenters. The van der Waals surface area contributed by atoms with Crippen LogP contribution in [-0.2, 0) is 0 Å². The van der Waals surface area contributed by atoms with Gasteiger partial charge in [-0.25, -0.2) is 13.8 Å². The van der Waals surface area contributed by atoms with Gasteiger partial charge >= 0.3 is 0 Å². The number of alkyl halides is 2. The van der Waals surface area contributed by atoms with E-state index in [1.807, 2.05) is 0 Å². The topological polar surface area (TPSA) is 12.9 Å². The summed E-state index contributed by atoms with van der Waals surface area (Å²) in [5.74, 6) is 0. The third kappa shape index (κ3) is 1.75. The Labute approximate surface area is 81.9 Å². The molecule has 1 heterocycles. The van der Waals surface area contributed by atoms with Gasteiger partial charge in [0.2, 0.25) is 0 Å². The monoisotopic (exact) mass is 255 g/mol. The molecule has 0 aliphatic heterocycles. The van der Waals surface area contributed by atoms with Crippen LogP contribution in [0.5, 0.6) is 0 Å². The fraction of sp³-hybridized carbons (Fsp3) is 0.286. The fourth-order valence-corrected chi connectivity index (χ4v) is 1.34. The van der Waals surface area contributed by atoms with E-state index in [9.17, 15) is 8.78 Å². The molecule has 0 N–H and O–H groups in total. The Morgan fingerprint density at radius 2 is 2.17 bits per heavy atom. The standard InChI is InChI=1S/C7H5BrClF2N/c1-3-4(7(10)11)2-12-6(8)5(3)9/h2,7H,1H3. The van der Waals surface area contributed by atoms with Crippen molar-refractivity contribution in [1.82, 2.24) is 4.98 Å². The lowest BCUT2D eigenvalue weighted by Gasteiger charge is -2.06. The summed E-state index contributed by atoms with van der Waals surface area (Å²) in [6.07, 6.45) is -1.40. The van der Waals surface area contributed by atoms with Crippen molar-refractivity contribution < 1.29 is 8.78 Å². The van der Waals surface area contributed by atoms with Gasteiger partial charge in [-0.1, -0.05) is 11.6 Å². The van der Waals surface area contributed by atoms with Crippen LogP contribution in [0.15, 0.2) is 10.8 Å². The maximum absolute atomic E-state index is 12.2. The highest BCUT2D eigenvalue weighted by Crippen LogP contribution is 2.30. The first-order valence-electron chi connectivity index (χ1n) is 3.12. The zero-order chi connectivity index (χ0) is 9.30. The Kier molecular flexibility index (Phi) is 3.01. The minimum atomic E-state index is -2.52. The maximum Gasteiger partial charge on any atom is 0.265 e. The summed E-state index contributed by atoms with van der Waals surface area (Å²) in [6.45, 7) is 1.54. The van der Waals surface area contributed by atoms with Crippen molar-refractivity contribution in [3.05, 3.63) is 26.9 Å². The Bertz CT molecular complexity index is 304. The van der Waals surface area contributed by atoms with Crippen molar-refractivity contribution in [3.63, 3.8) is 0 Å². The van der Waals surface area contributed by atoms with Gasteiger partial charge in [-0.05, 0) is 28.4 Å². The first kappa shape index (κ1) is 9.86. The van der Waals surface area contributed by atoms with Crippen molar-refractivity contribution in [2.75, 3.05) is 0 Å². The molecule has 12 heavy (non-hydrogen) atoms. The molecule has 5 heteroatoms. The molecule has 66 valence electrons. The predicted octanol–water partition coefficient (Wildman–Crippen LogP) is 3.74. The third-order valence-electron chi connectivity index (χ3n) is 1.50. The van der Waals surface area contributed by atoms with E-state index in [2.05, 4.69) is 20.9 Å². The van der Waals surface area contributed by atoms with Crippen molar-refractivity contribution in [2.24, 2.45) is 0 Å². The molecule has 1 aromatic rings. The molecule has 1 aromatic heterocycles. The largest absolute Gasteiger partial charge is 0.265 e. The molecule has 1 nitrogen and oxygen atoms in total. The summed E-state index contributed by atoms with van der Waals surface area (Å²) in [6, 6.07) is 0. The molecule has 0 spiro atoms. The van der Waals surface area contributed by atoms with Gasteiger partial charge in [-0.15, -0.1) is 0 Å². The molecule has 0 aliphatic carbocycles. The molecule has 0 unspecified atom stereocenters. The van der Waals surface area contributed by atoms with Crippen LogP contribution in [0.1, 0.15) is 17.6 Å². The average Bonchev–Trinajstić information content (AvgIpc) is 2.00. The number of nitrogens with zero attached hydrogens (tertiary/aromatic N) is 1. The van der Waals surface area contributed by atoms with E-state index >= 15 is 0 Å². The first-order valence-corrected chi connectivity index (χ1v) is 4.29. The van der Waals surface area contributed by atoms with Gasteiger partial charge in [-0.3, -0.25) is 0 Å². The molecule has 0 aromatic carbocycles. The van der Waals surface area contributed by atoms with Crippen LogP contribution in [0.25, 0.3) is 0 Å². The SMILES string of the molecule is Cc1c(C(F)F)cnc(Br)c1Cl. The second-order valence-electron chi connectivity index (χ2n) is 2.24. The summed E-state index contributed by atoms with van der Waals surface area (Å²) in [5, 5.41) is 0.243. The van der Waals surface area contributed by atoms with Crippen LogP contribution in [0.3, 0.4) is 0 Å². The fourth-order valence-electron chi connectivity index (χ4n) is 0.781. The molecule has 0 amide bonds. The second kappa shape index (κ2) is 3.66. The summed E-state index contributed by atoms with van der Waals surface area (Å²) < 4.78 is 24.8. The van der Waals surface area contributed by atoms with Gasteiger partial charge in [0.25, 0.3) is 6.43 Å². The smallest absolute Gasteiger partial charge is 0.247 e. The lowest BCUT2D eigenvalue weighted by atomic mass is 10.2. The van der Waals surface area contributed by atoms with Crippen LogP contribution in [0.4, 0.5) is 8.78 Å². The van der Waals surface area contributed by atoms with Crippen LogP contribution >= 0.6 is 27.5 Å². The third-order valence-corrected chi connectivity index (χ3v) is 2.79. The van der Waals surface area contributed by atoms with E-state index in [0.29, 0.717) is 10.2 Å². The van der Waals surface area contributed by atoms with E-state index in [4.69, 9.17) is 11.6 Å². The van der Waals surface area contributed by atoms with Gasteiger partial charge < -0.3 is 0 Å². The number of hydrogen-bond donors (Lipinski definition) is 0. The van der Waals surface area contributed by atoms with Gasteiger partial charge in [0.05, 0.1) is 5.02 Å². The number of pyridine rings is 1. The van der Waals surface area contributed by atoms with E-state index in [0.717, 1.165) is 6.20 Å². The molecule has 0 saturated heterocycles. The molecule has 0 radical (unpaired) electrons. The zero-order valence-corrected chi connectivity index (χ0v) is 8.46. The van der Waals surface area contributed by atoms with Crippen LogP contribution < -0.4 is 0 Å². The predicted molar refractivity (Wildman–Crippen MR) is 46.6 cm³/mol. The summed E-state index contributed by atoms with van der Waals surface area (Å²) in [4.78, 5) is 3.67.